The number of para-hydroxylation sites is 1. The van der Waals surface area contributed by atoms with Gasteiger partial charge in [0.1, 0.15) is 12.4 Å². The fourth-order valence-corrected chi connectivity index (χ4v) is 1.94. The molecule has 0 spiro atoms. The SMILES string of the molecule is CCN(CC(F)(F)F)c1c(F)cccc1CNC(C)C. The molecule has 0 amide bonds. The summed E-state index contributed by atoms with van der Waals surface area (Å²) in [6.07, 6.45) is -4.36. The molecule has 114 valence electrons. The fraction of sp³-hybridized carbons (Fsp3) is 0.571. The maximum Gasteiger partial charge on any atom is 0.405 e. The van der Waals surface area contributed by atoms with E-state index in [-0.39, 0.29) is 18.3 Å². The Bertz CT molecular complexity index is 430. The van der Waals surface area contributed by atoms with Crippen LogP contribution in [0.4, 0.5) is 23.2 Å². The summed E-state index contributed by atoms with van der Waals surface area (Å²) >= 11 is 0. The molecule has 6 heteroatoms. The van der Waals surface area contributed by atoms with Crippen molar-refractivity contribution in [1.82, 2.24) is 5.32 Å². The first-order chi connectivity index (χ1) is 9.24. The zero-order chi connectivity index (χ0) is 15.3. The molecule has 2 nitrogen and oxygen atoms in total. The Morgan fingerprint density at radius 3 is 2.40 bits per heavy atom. The molecule has 1 N–H and O–H groups in total. The quantitative estimate of drug-likeness (QED) is 0.804. The van der Waals surface area contributed by atoms with E-state index in [4.69, 9.17) is 0 Å². The Balaban J connectivity index is 3.06. The van der Waals surface area contributed by atoms with E-state index in [0.29, 0.717) is 12.1 Å². The van der Waals surface area contributed by atoms with E-state index in [1.165, 1.54) is 12.1 Å². The highest BCUT2D eigenvalue weighted by Crippen LogP contribution is 2.28. The molecule has 1 aromatic rings. The molecule has 0 aromatic heterocycles. The van der Waals surface area contributed by atoms with Crippen molar-refractivity contribution in [2.24, 2.45) is 0 Å². The van der Waals surface area contributed by atoms with Crippen molar-refractivity contribution in [3.63, 3.8) is 0 Å². The van der Waals surface area contributed by atoms with Gasteiger partial charge in [-0.15, -0.1) is 0 Å². The van der Waals surface area contributed by atoms with Crippen LogP contribution in [0, 0.1) is 5.82 Å². The molecule has 0 aliphatic carbocycles. The summed E-state index contributed by atoms with van der Waals surface area (Å²) in [6.45, 7) is 4.70. The molecule has 0 unspecified atom stereocenters. The third-order valence-electron chi connectivity index (χ3n) is 2.84. The number of anilines is 1. The van der Waals surface area contributed by atoms with Crippen LogP contribution in [-0.4, -0.2) is 25.3 Å². The molecule has 0 atom stereocenters. The first-order valence-electron chi connectivity index (χ1n) is 6.57. The molecule has 20 heavy (non-hydrogen) atoms. The highest BCUT2D eigenvalue weighted by molar-refractivity contribution is 5.55. The smallest absolute Gasteiger partial charge is 0.360 e. The van der Waals surface area contributed by atoms with Gasteiger partial charge in [0, 0.05) is 19.1 Å². The van der Waals surface area contributed by atoms with Crippen LogP contribution in [-0.2, 0) is 6.54 Å². The lowest BCUT2D eigenvalue weighted by molar-refractivity contribution is -0.119. The molecular weight excluding hydrogens is 272 g/mol. The van der Waals surface area contributed by atoms with Gasteiger partial charge < -0.3 is 10.2 Å². The second kappa shape index (κ2) is 6.92. The van der Waals surface area contributed by atoms with Crippen LogP contribution in [0.3, 0.4) is 0 Å². The summed E-state index contributed by atoms with van der Waals surface area (Å²) in [6, 6.07) is 4.52. The van der Waals surface area contributed by atoms with Crippen LogP contribution in [0.2, 0.25) is 0 Å². The van der Waals surface area contributed by atoms with Crippen molar-refractivity contribution in [1.29, 1.82) is 0 Å². The van der Waals surface area contributed by atoms with Crippen molar-refractivity contribution >= 4 is 5.69 Å². The van der Waals surface area contributed by atoms with Crippen molar-refractivity contribution in [3.05, 3.63) is 29.6 Å². The highest BCUT2D eigenvalue weighted by Gasteiger charge is 2.32. The largest absolute Gasteiger partial charge is 0.405 e. The van der Waals surface area contributed by atoms with Crippen molar-refractivity contribution in [2.45, 2.75) is 39.5 Å². The predicted octanol–water partition coefficient (Wildman–Crippen LogP) is 3.71. The van der Waals surface area contributed by atoms with Gasteiger partial charge >= 0.3 is 6.18 Å². The maximum absolute atomic E-state index is 14.0. The summed E-state index contributed by atoms with van der Waals surface area (Å²) in [5.74, 6) is -0.626. The number of benzene rings is 1. The third kappa shape index (κ3) is 5.00. The van der Waals surface area contributed by atoms with Gasteiger partial charge in [0.05, 0.1) is 5.69 Å². The van der Waals surface area contributed by atoms with Crippen LogP contribution < -0.4 is 10.2 Å². The van der Waals surface area contributed by atoms with Crippen molar-refractivity contribution in [2.75, 3.05) is 18.0 Å². The number of hydrogen-bond donors (Lipinski definition) is 1. The number of halogens is 4. The normalized spacial score (nSPS) is 12.0. The second-order valence-electron chi connectivity index (χ2n) is 4.91. The standard InChI is InChI=1S/C14H20F4N2/c1-4-20(9-14(16,17)18)13-11(8-19-10(2)3)6-5-7-12(13)15/h5-7,10,19H,4,8-9H2,1-3H3. The van der Waals surface area contributed by atoms with Crippen LogP contribution in [0.1, 0.15) is 26.3 Å². The Morgan fingerprint density at radius 2 is 1.90 bits per heavy atom. The predicted molar refractivity (Wildman–Crippen MR) is 72.3 cm³/mol. The summed E-state index contributed by atoms with van der Waals surface area (Å²) in [5, 5.41) is 3.10. The number of nitrogens with one attached hydrogen (secondary N) is 1. The minimum atomic E-state index is -4.36. The van der Waals surface area contributed by atoms with E-state index in [0.717, 1.165) is 4.90 Å². The highest BCUT2D eigenvalue weighted by atomic mass is 19.4. The van der Waals surface area contributed by atoms with E-state index in [2.05, 4.69) is 5.32 Å². The van der Waals surface area contributed by atoms with Gasteiger partial charge in [-0.05, 0) is 18.6 Å². The molecule has 1 rings (SSSR count). The fourth-order valence-electron chi connectivity index (χ4n) is 1.94. The van der Waals surface area contributed by atoms with Crippen LogP contribution >= 0.6 is 0 Å². The molecule has 0 saturated carbocycles. The molecule has 0 aliphatic rings. The van der Waals surface area contributed by atoms with Gasteiger partial charge in [0.25, 0.3) is 0 Å². The van der Waals surface area contributed by atoms with Crippen LogP contribution in [0.5, 0.6) is 0 Å². The van der Waals surface area contributed by atoms with E-state index in [1.807, 2.05) is 13.8 Å². The van der Waals surface area contributed by atoms with Crippen LogP contribution in [0.25, 0.3) is 0 Å². The first-order valence-corrected chi connectivity index (χ1v) is 6.57. The molecule has 1 aromatic carbocycles. The Hall–Kier alpha value is -1.30. The van der Waals surface area contributed by atoms with E-state index in [9.17, 15) is 17.6 Å². The Labute approximate surface area is 116 Å². The lowest BCUT2D eigenvalue weighted by atomic mass is 10.1. The molecule has 0 radical (unpaired) electrons. The molecule has 0 bridgehead atoms. The van der Waals surface area contributed by atoms with Gasteiger partial charge in [-0.3, -0.25) is 0 Å². The number of alkyl halides is 3. The maximum atomic E-state index is 14.0. The van der Waals surface area contributed by atoms with Gasteiger partial charge in [-0.25, -0.2) is 4.39 Å². The zero-order valence-corrected chi connectivity index (χ0v) is 11.9. The molecular formula is C14H20F4N2. The van der Waals surface area contributed by atoms with Crippen molar-refractivity contribution < 1.29 is 17.6 Å². The minimum absolute atomic E-state index is 0.0282. The molecule has 0 aliphatic heterocycles. The second-order valence-corrected chi connectivity index (χ2v) is 4.91. The number of nitrogens with zero attached hydrogens (tertiary/aromatic N) is 1. The number of hydrogen-bond acceptors (Lipinski definition) is 2. The van der Waals surface area contributed by atoms with Gasteiger partial charge in [0.15, 0.2) is 0 Å². The van der Waals surface area contributed by atoms with E-state index >= 15 is 0 Å². The third-order valence-corrected chi connectivity index (χ3v) is 2.84. The lowest BCUT2D eigenvalue weighted by Crippen LogP contribution is -2.36. The topological polar surface area (TPSA) is 15.3 Å². The molecule has 0 saturated heterocycles. The van der Waals surface area contributed by atoms with Crippen molar-refractivity contribution in [3.8, 4) is 0 Å². The summed E-state index contributed by atoms with van der Waals surface area (Å²) in [4.78, 5) is 1.02. The van der Waals surface area contributed by atoms with Gasteiger partial charge in [-0.2, -0.15) is 13.2 Å². The van der Waals surface area contributed by atoms with E-state index < -0.39 is 18.5 Å². The lowest BCUT2D eigenvalue weighted by Gasteiger charge is -2.27. The summed E-state index contributed by atoms with van der Waals surface area (Å²) in [7, 11) is 0. The minimum Gasteiger partial charge on any atom is -0.360 e. The van der Waals surface area contributed by atoms with Gasteiger partial charge in [0.2, 0.25) is 0 Å². The summed E-state index contributed by atoms with van der Waals surface area (Å²) in [5.41, 5.74) is 0.560. The average Bonchev–Trinajstić information content (AvgIpc) is 2.32. The first kappa shape index (κ1) is 16.8. The summed E-state index contributed by atoms with van der Waals surface area (Å²) < 4.78 is 51.7. The monoisotopic (exact) mass is 292 g/mol. The average molecular weight is 292 g/mol. The zero-order valence-electron chi connectivity index (χ0n) is 11.9. The molecule has 0 heterocycles. The Morgan fingerprint density at radius 1 is 1.25 bits per heavy atom. The Kier molecular flexibility index (Phi) is 5.80. The molecule has 0 fully saturated rings. The van der Waals surface area contributed by atoms with Crippen LogP contribution in [0.15, 0.2) is 18.2 Å². The van der Waals surface area contributed by atoms with Gasteiger partial charge in [-0.1, -0.05) is 26.0 Å². The number of rotatable bonds is 6. The van der Waals surface area contributed by atoms with E-state index in [1.54, 1.807) is 13.0 Å².